The van der Waals surface area contributed by atoms with Crippen molar-refractivity contribution < 1.29 is 9.47 Å². The zero-order valence-corrected chi connectivity index (χ0v) is 13.7. The van der Waals surface area contributed by atoms with E-state index >= 15 is 0 Å². The van der Waals surface area contributed by atoms with Crippen LogP contribution in [0.2, 0.25) is 0 Å². The molecule has 0 spiro atoms. The Morgan fingerprint density at radius 3 is 2.42 bits per heavy atom. The van der Waals surface area contributed by atoms with E-state index in [2.05, 4.69) is 46.0 Å². The van der Waals surface area contributed by atoms with Crippen molar-refractivity contribution in [2.24, 2.45) is 0 Å². The van der Waals surface area contributed by atoms with Gasteiger partial charge in [0.25, 0.3) is 0 Å². The molecule has 19 heavy (non-hydrogen) atoms. The Balaban J connectivity index is 2.77. The maximum absolute atomic E-state index is 5.20. The SMILES string of the molecule is COCCCN(CCOC)c1ccc(CBr)cc1C. The average Bonchev–Trinajstić information content (AvgIpc) is 2.43. The smallest absolute Gasteiger partial charge is 0.0637 e. The molecule has 0 atom stereocenters. The lowest BCUT2D eigenvalue weighted by Gasteiger charge is -2.26. The first-order valence-electron chi connectivity index (χ1n) is 6.61. The van der Waals surface area contributed by atoms with E-state index in [0.29, 0.717) is 0 Å². The third kappa shape index (κ3) is 5.51. The topological polar surface area (TPSA) is 21.7 Å². The summed E-state index contributed by atoms with van der Waals surface area (Å²) in [6, 6.07) is 6.61. The number of nitrogens with zero attached hydrogens (tertiary/aromatic N) is 1. The Labute approximate surface area is 125 Å². The lowest BCUT2D eigenvalue weighted by Crippen LogP contribution is -2.29. The second-order valence-corrected chi connectivity index (χ2v) is 5.14. The zero-order chi connectivity index (χ0) is 14.1. The highest BCUT2D eigenvalue weighted by atomic mass is 79.9. The third-order valence-electron chi connectivity index (χ3n) is 3.10. The van der Waals surface area contributed by atoms with Crippen LogP contribution in [-0.2, 0) is 14.8 Å². The van der Waals surface area contributed by atoms with E-state index in [1.54, 1.807) is 14.2 Å². The largest absolute Gasteiger partial charge is 0.385 e. The predicted molar refractivity (Wildman–Crippen MR) is 84.4 cm³/mol. The molecule has 0 aliphatic rings. The van der Waals surface area contributed by atoms with E-state index in [1.165, 1.54) is 16.8 Å². The van der Waals surface area contributed by atoms with Gasteiger partial charge in [-0.2, -0.15) is 0 Å². The molecule has 0 aromatic heterocycles. The van der Waals surface area contributed by atoms with Crippen LogP contribution in [0.1, 0.15) is 17.5 Å². The first kappa shape index (κ1) is 16.5. The molecule has 3 nitrogen and oxygen atoms in total. The molecule has 0 saturated heterocycles. The third-order valence-corrected chi connectivity index (χ3v) is 3.75. The Morgan fingerprint density at radius 1 is 1.11 bits per heavy atom. The van der Waals surface area contributed by atoms with Gasteiger partial charge < -0.3 is 14.4 Å². The van der Waals surface area contributed by atoms with Gasteiger partial charge in [-0.15, -0.1) is 0 Å². The van der Waals surface area contributed by atoms with Gasteiger partial charge in [0, 0.05) is 44.9 Å². The number of alkyl halides is 1. The second-order valence-electron chi connectivity index (χ2n) is 4.58. The number of ether oxygens (including phenoxy) is 2. The molecule has 0 aliphatic carbocycles. The Morgan fingerprint density at radius 2 is 1.84 bits per heavy atom. The molecule has 0 heterocycles. The standard InChI is InChI=1S/C15H24BrNO2/c1-13-11-14(12-16)5-6-15(13)17(8-10-19-3)7-4-9-18-2/h5-6,11H,4,7-10,12H2,1-3H3. The summed E-state index contributed by atoms with van der Waals surface area (Å²) in [5.41, 5.74) is 3.91. The van der Waals surface area contributed by atoms with Gasteiger partial charge in [-0.05, 0) is 30.5 Å². The Kier molecular flexibility index (Phi) is 8.10. The molecule has 1 rings (SSSR count). The van der Waals surface area contributed by atoms with Gasteiger partial charge >= 0.3 is 0 Å². The summed E-state index contributed by atoms with van der Waals surface area (Å²) in [5.74, 6) is 0. The van der Waals surface area contributed by atoms with Gasteiger partial charge in [-0.3, -0.25) is 0 Å². The van der Waals surface area contributed by atoms with Crippen LogP contribution >= 0.6 is 15.9 Å². The van der Waals surface area contributed by atoms with Crippen molar-refractivity contribution in [3.63, 3.8) is 0 Å². The molecule has 0 fully saturated rings. The Hall–Kier alpha value is -0.580. The molecule has 0 aliphatic heterocycles. The number of hydrogen-bond donors (Lipinski definition) is 0. The van der Waals surface area contributed by atoms with E-state index in [0.717, 1.165) is 38.1 Å². The van der Waals surface area contributed by atoms with Crippen molar-refractivity contribution in [3.05, 3.63) is 29.3 Å². The maximum atomic E-state index is 5.20. The van der Waals surface area contributed by atoms with Crippen LogP contribution < -0.4 is 4.90 Å². The highest BCUT2D eigenvalue weighted by molar-refractivity contribution is 9.08. The average molecular weight is 330 g/mol. The van der Waals surface area contributed by atoms with Gasteiger partial charge in [0.15, 0.2) is 0 Å². The molecule has 1 aromatic carbocycles. The second kappa shape index (κ2) is 9.34. The monoisotopic (exact) mass is 329 g/mol. The number of rotatable bonds is 9. The molecule has 0 bridgehead atoms. The quantitative estimate of drug-likeness (QED) is 0.512. The lowest BCUT2D eigenvalue weighted by molar-refractivity contribution is 0.191. The molecule has 0 radical (unpaired) electrons. The lowest BCUT2D eigenvalue weighted by atomic mass is 10.1. The molecule has 0 unspecified atom stereocenters. The minimum atomic E-state index is 0.743. The summed E-state index contributed by atoms with van der Waals surface area (Å²) >= 11 is 3.50. The number of methoxy groups -OCH3 is 2. The van der Waals surface area contributed by atoms with Crippen LogP contribution in [0.15, 0.2) is 18.2 Å². The minimum absolute atomic E-state index is 0.743. The first-order valence-corrected chi connectivity index (χ1v) is 7.73. The van der Waals surface area contributed by atoms with E-state index in [1.807, 2.05) is 0 Å². The molecular weight excluding hydrogens is 306 g/mol. The summed E-state index contributed by atoms with van der Waals surface area (Å²) < 4.78 is 10.3. The van der Waals surface area contributed by atoms with Gasteiger partial charge in [0.05, 0.1) is 6.61 Å². The molecular formula is C15H24BrNO2. The van der Waals surface area contributed by atoms with Crippen molar-refractivity contribution in [2.45, 2.75) is 18.7 Å². The van der Waals surface area contributed by atoms with Crippen molar-refractivity contribution in [1.29, 1.82) is 0 Å². The number of anilines is 1. The van der Waals surface area contributed by atoms with Crippen molar-refractivity contribution >= 4 is 21.6 Å². The first-order chi connectivity index (χ1) is 9.22. The van der Waals surface area contributed by atoms with Crippen molar-refractivity contribution in [2.75, 3.05) is 45.4 Å². The highest BCUT2D eigenvalue weighted by Crippen LogP contribution is 2.22. The number of hydrogen-bond acceptors (Lipinski definition) is 3. The summed E-state index contributed by atoms with van der Waals surface area (Å²) in [6.45, 7) is 5.60. The number of benzene rings is 1. The summed E-state index contributed by atoms with van der Waals surface area (Å²) in [7, 11) is 3.49. The number of halogens is 1. The van der Waals surface area contributed by atoms with Crippen LogP contribution in [0.4, 0.5) is 5.69 Å². The Bertz CT molecular complexity index is 371. The van der Waals surface area contributed by atoms with Crippen molar-refractivity contribution in [1.82, 2.24) is 0 Å². The zero-order valence-electron chi connectivity index (χ0n) is 12.1. The van der Waals surface area contributed by atoms with Gasteiger partial charge in [0.1, 0.15) is 0 Å². The van der Waals surface area contributed by atoms with Crippen molar-refractivity contribution in [3.8, 4) is 0 Å². The van der Waals surface area contributed by atoms with E-state index < -0.39 is 0 Å². The van der Waals surface area contributed by atoms with Gasteiger partial charge in [-0.1, -0.05) is 28.1 Å². The van der Waals surface area contributed by atoms with Crippen LogP contribution in [0, 0.1) is 6.92 Å². The van der Waals surface area contributed by atoms with Gasteiger partial charge in [-0.25, -0.2) is 0 Å². The fourth-order valence-corrected chi connectivity index (χ4v) is 2.46. The fraction of sp³-hybridized carbons (Fsp3) is 0.600. The summed E-state index contributed by atoms with van der Waals surface area (Å²) in [5, 5.41) is 0.899. The molecule has 1 aromatic rings. The predicted octanol–water partition coefficient (Wildman–Crippen LogP) is 3.38. The van der Waals surface area contributed by atoms with Crippen LogP contribution in [0.3, 0.4) is 0 Å². The highest BCUT2D eigenvalue weighted by Gasteiger charge is 2.09. The molecule has 4 heteroatoms. The van der Waals surface area contributed by atoms with Gasteiger partial charge in [0.2, 0.25) is 0 Å². The van der Waals surface area contributed by atoms with E-state index in [-0.39, 0.29) is 0 Å². The molecule has 0 amide bonds. The van der Waals surface area contributed by atoms with Crippen LogP contribution in [0.5, 0.6) is 0 Å². The molecule has 0 saturated carbocycles. The normalized spacial score (nSPS) is 10.7. The van der Waals surface area contributed by atoms with E-state index in [9.17, 15) is 0 Å². The van der Waals surface area contributed by atoms with Crippen LogP contribution in [0.25, 0.3) is 0 Å². The maximum Gasteiger partial charge on any atom is 0.0637 e. The van der Waals surface area contributed by atoms with E-state index in [4.69, 9.17) is 9.47 Å². The molecule has 108 valence electrons. The van der Waals surface area contributed by atoms with Crippen LogP contribution in [-0.4, -0.2) is 40.5 Å². The fourth-order valence-electron chi connectivity index (χ4n) is 2.11. The molecule has 0 N–H and O–H groups in total. The summed E-state index contributed by atoms with van der Waals surface area (Å²) in [6.07, 6.45) is 1.03. The number of aryl methyl sites for hydroxylation is 1. The summed E-state index contributed by atoms with van der Waals surface area (Å²) in [4.78, 5) is 2.37. The minimum Gasteiger partial charge on any atom is -0.385 e.